The molecule has 2 aromatic rings. The van der Waals surface area contributed by atoms with Crippen LogP contribution in [-0.4, -0.2) is 36.7 Å². The molecular formula is C21H25F3N2O2. The fourth-order valence-electron chi connectivity index (χ4n) is 3.30. The number of para-hydroxylation sites is 3. The largest absolute Gasteiger partial charge is 0.492 e. The van der Waals surface area contributed by atoms with E-state index in [1.165, 1.54) is 12.1 Å². The van der Waals surface area contributed by atoms with Gasteiger partial charge in [0.15, 0.2) is 0 Å². The minimum atomic E-state index is -4.42. The van der Waals surface area contributed by atoms with Gasteiger partial charge >= 0.3 is 6.18 Å². The summed E-state index contributed by atoms with van der Waals surface area (Å²) in [6.07, 6.45) is -2.80. The summed E-state index contributed by atoms with van der Waals surface area (Å²) in [6, 6.07) is 12.7. The summed E-state index contributed by atoms with van der Waals surface area (Å²) < 4.78 is 50.6. The number of rotatable bonds is 6. The Hall–Kier alpha value is -2.41. The van der Waals surface area contributed by atoms with Gasteiger partial charge in [0.25, 0.3) is 0 Å². The smallest absolute Gasteiger partial charge is 0.419 e. The lowest BCUT2D eigenvalue weighted by Crippen LogP contribution is -2.47. The molecule has 0 atom stereocenters. The van der Waals surface area contributed by atoms with E-state index >= 15 is 0 Å². The Morgan fingerprint density at radius 2 is 1.61 bits per heavy atom. The van der Waals surface area contributed by atoms with Gasteiger partial charge in [-0.15, -0.1) is 0 Å². The predicted octanol–water partition coefficient (Wildman–Crippen LogP) is 4.60. The molecule has 28 heavy (non-hydrogen) atoms. The highest BCUT2D eigenvalue weighted by Gasteiger charge is 2.34. The second-order valence-electron chi connectivity index (χ2n) is 7.27. The maximum atomic E-state index is 13.0. The highest BCUT2D eigenvalue weighted by molar-refractivity contribution is 5.52. The molecule has 0 saturated carbocycles. The van der Waals surface area contributed by atoms with Gasteiger partial charge in [-0.3, -0.25) is 4.90 Å². The molecule has 0 radical (unpaired) electrons. The average Bonchev–Trinajstić information content (AvgIpc) is 2.65. The molecule has 1 saturated heterocycles. The van der Waals surface area contributed by atoms with Gasteiger partial charge in [0.2, 0.25) is 0 Å². The quantitative estimate of drug-likeness (QED) is 0.728. The molecule has 0 bridgehead atoms. The zero-order valence-electron chi connectivity index (χ0n) is 15.8. The van der Waals surface area contributed by atoms with Crippen LogP contribution in [0.4, 0.5) is 18.9 Å². The lowest BCUT2D eigenvalue weighted by Gasteiger charge is -2.39. The van der Waals surface area contributed by atoms with Crippen molar-refractivity contribution in [3.05, 3.63) is 54.1 Å². The highest BCUT2D eigenvalue weighted by Crippen LogP contribution is 2.36. The first-order valence-corrected chi connectivity index (χ1v) is 9.32. The van der Waals surface area contributed by atoms with Gasteiger partial charge in [-0.05, 0) is 44.0 Å². The second-order valence-corrected chi connectivity index (χ2v) is 7.27. The molecule has 1 heterocycles. The van der Waals surface area contributed by atoms with Crippen LogP contribution in [0.3, 0.4) is 0 Å². The van der Waals surface area contributed by atoms with Gasteiger partial charge in [0.1, 0.15) is 23.7 Å². The third kappa shape index (κ3) is 5.10. The molecule has 4 nitrogen and oxygen atoms in total. The van der Waals surface area contributed by atoms with Crippen LogP contribution in [0, 0.1) is 0 Å². The van der Waals surface area contributed by atoms with Crippen LogP contribution < -0.4 is 15.2 Å². The van der Waals surface area contributed by atoms with Crippen molar-refractivity contribution in [3.63, 3.8) is 0 Å². The van der Waals surface area contributed by atoms with E-state index in [0.717, 1.165) is 32.0 Å². The zero-order chi connectivity index (χ0) is 20.2. The molecule has 0 unspecified atom stereocenters. The number of benzene rings is 2. The van der Waals surface area contributed by atoms with Crippen LogP contribution in [0.5, 0.6) is 11.5 Å². The first-order valence-electron chi connectivity index (χ1n) is 9.32. The van der Waals surface area contributed by atoms with Crippen molar-refractivity contribution in [2.45, 2.75) is 31.5 Å². The van der Waals surface area contributed by atoms with E-state index in [1.54, 1.807) is 6.07 Å². The summed E-state index contributed by atoms with van der Waals surface area (Å²) in [5.74, 6) is 0.560. The van der Waals surface area contributed by atoms with Crippen LogP contribution in [0.25, 0.3) is 0 Å². The first kappa shape index (κ1) is 20.3. The van der Waals surface area contributed by atoms with Crippen LogP contribution in [-0.2, 0) is 6.18 Å². The van der Waals surface area contributed by atoms with Gasteiger partial charge < -0.3 is 15.2 Å². The third-order valence-electron chi connectivity index (χ3n) is 5.05. The number of anilines is 1. The first-order chi connectivity index (χ1) is 13.3. The fraction of sp³-hybridized carbons (Fsp3) is 0.429. The van der Waals surface area contributed by atoms with E-state index in [0.29, 0.717) is 18.0 Å². The normalized spacial score (nSPS) is 17.3. The summed E-state index contributed by atoms with van der Waals surface area (Å²) in [5, 5.41) is 0. The number of ether oxygens (including phenoxy) is 2. The van der Waals surface area contributed by atoms with Crippen LogP contribution >= 0.6 is 0 Å². The molecule has 1 aliphatic rings. The summed E-state index contributed by atoms with van der Waals surface area (Å²) >= 11 is 0. The molecule has 1 aliphatic heterocycles. The maximum absolute atomic E-state index is 13.0. The summed E-state index contributed by atoms with van der Waals surface area (Å²) in [6.45, 7) is 4.40. The van der Waals surface area contributed by atoms with E-state index in [4.69, 9.17) is 15.2 Å². The second kappa shape index (κ2) is 8.31. The molecular weight excluding hydrogens is 369 g/mol. The van der Waals surface area contributed by atoms with Crippen molar-refractivity contribution in [1.29, 1.82) is 0 Å². The Balaban J connectivity index is 1.48. The Morgan fingerprint density at radius 3 is 2.25 bits per heavy atom. The van der Waals surface area contributed by atoms with Crippen molar-refractivity contribution in [2.75, 3.05) is 32.0 Å². The number of nitrogens with two attached hydrogens (primary N) is 1. The number of piperidine rings is 1. The van der Waals surface area contributed by atoms with E-state index in [2.05, 4.69) is 11.8 Å². The summed E-state index contributed by atoms with van der Waals surface area (Å²) in [5.41, 5.74) is 5.52. The Bertz CT molecular complexity index is 787. The van der Waals surface area contributed by atoms with E-state index < -0.39 is 11.7 Å². The van der Waals surface area contributed by atoms with Gasteiger partial charge in [0.05, 0.1) is 11.3 Å². The van der Waals surface area contributed by atoms with E-state index in [9.17, 15) is 13.2 Å². The lowest BCUT2D eigenvalue weighted by molar-refractivity contribution is -0.139. The maximum Gasteiger partial charge on any atom is 0.419 e. The monoisotopic (exact) mass is 394 g/mol. The fourth-order valence-corrected chi connectivity index (χ4v) is 3.30. The van der Waals surface area contributed by atoms with Crippen LogP contribution in [0.2, 0.25) is 0 Å². The number of nitrogen functional groups attached to an aromatic ring is 1. The van der Waals surface area contributed by atoms with Crippen molar-refractivity contribution < 1.29 is 22.6 Å². The zero-order valence-corrected chi connectivity index (χ0v) is 15.8. The summed E-state index contributed by atoms with van der Waals surface area (Å²) in [4.78, 5) is 2.18. The van der Waals surface area contributed by atoms with E-state index in [-0.39, 0.29) is 18.0 Å². The van der Waals surface area contributed by atoms with Crippen molar-refractivity contribution in [2.24, 2.45) is 0 Å². The van der Waals surface area contributed by atoms with Gasteiger partial charge in [-0.2, -0.15) is 13.2 Å². The van der Waals surface area contributed by atoms with Gasteiger partial charge in [-0.1, -0.05) is 24.3 Å². The Labute approximate surface area is 163 Å². The van der Waals surface area contributed by atoms with Crippen molar-refractivity contribution in [1.82, 2.24) is 4.90 Å². The average molecular weight is 394 g/mol. The molecule has 0 aliphatic carbocycles. The van der Waals surface area contributed by atoms with Crippen molar-refractivity contribution >= 4 is 5.69 Å². The number of hydrogen-bond donors (Lipinski definition) is 1. The molecule has 3 rings (SSSR count). The standard InChI is InChI=1S/C21H25F3N2O2/c1-20(28-19-9-5-3-7-17(19)25)10-12-26(13-11-20)14-15-27-18-8-4-2-6-16(18)21(22,23)24/h2-9H,10-15,25H2,1H3. The molecule has 7 heteroatoms. The number of alkyl halides is 3. The minimum absolute atomic E-state index is 0.125. The molecule has 2 aromatic carbocycles. The molecule has 0 spiro atoms. The molecule has 0 amide bonds. The number of nitrogens with zero attached hydrogens (tertiary/aromatic N) is 1. The van der Waals surface area contributed by atoms with Gasteiger partial charge in [0, 0.05) is 19.6 Å². The van der Waals surface area contributed by atoms with E-state index in [1.807, 2.05) is 24.3 Å². The number of halogens is 3. The van der Waals surface area contributed by atoms with Crippen molar-refractivity contribution in [3.8, 4) is 11.5 Å². The minimum Gasteiger partial charge on any atom is -0.492 e. The van der Waals surface area contributed by atoms with Gasteiger partial charge in [-0.25, -0.2) is 0 Å². The Morgan fingerprint density at radius 1 is 1.00 bits per heavy atom. The molecule has 152 valence electrons. The number of likely N-dealkylation sites (tertiary alicyclic amines) is 1. The van der Waals surface area contributed by atoms with Crippen LogP contribution in [0.15, 0.2) is 48.5 Å². The predicted molar refractivity (Wildman–Crippen MR) is 103 cm³/mol. The Kier molecular flexibility index (Phi) is 6.03. The molecule has 2 N–H and O–H groups in total. The number of hydrogen-bond acceptors (Lipinski definition) is 4. The summed E-state index contributed by atoms with van der Waals surface area (Å²) in [7, 11) is 0. The molecule has 0 aromatic heterocycles. The van der Waals surface area contributed by atoms with Crippen LogP contribution in [0.1, 0.15) is 25.3 Å². The SMILES string of the molecule is CC1(Oc2ccccc2N)CCN(CCOc2ccccc2C(F)(F)F)CC1. The topological polar surface area (TPSA) is 47.7 Å². The molecule has 1 fully saturated rings. The lowest BCUT2D eigenvalue weighted by atomic mass is 9.93. The third-order valence-corrected chi connectivity index (χ3v) is 5.05. The highest BCUT2D eigenvalue weighted by atomic mass is 19.4.